The number of aryl methyl sites for hydroxylation is 1. The number of aromatic nitrogens is 1. The third-order valence-electron chi connectivity index (χ3n) is 5.55. The molecule has 0 saturated carbocycles. The van der Waals surface area contributed by atoms with Crippen LogP contribution in [-0.4, -0.2) is 61.2 Å². The van der Waals surface area contributed by atoms with E-state index in [-0.39, 0.29) is 30.4 Å². The summed E-state index contributed by atoms with van der Waals surface area (Å²) in [5.41, 5.74) is 1.81. The van der Waals surface area contributed by atoms with Crippen molar-refractivity contribution in [3.63, 3.8) is 0 Å². The van der Waals surface area contributed by atoms with Crippen LogP contribution in [-0.2, 0) is 14.3 Å². The van der Waals surface area contributed by atoms with Gasteiger partial charge in [0.25, 0.3) is 0 Å². The summed E-state index contributed by atoms with van der Waals surface area (Å²) in [7, 11) is 1.61. The minimum absolute atomic E-state index is 0.00385. The minimum Gasteiger partial charge on any atom is -0.493 e. The van der Waals surface area contributed by atoms with E-state index < -0.39 is 0 Å². The maximum absolute atomic E-state index is 12.5. The summed E-state index contributed by atoms with van der Waals surface area (Å²) < 4.78 is 16.9. The maximum Gasteiger partial charge on any atom is 0.245 e. The Morgan fingerprint density at radius 3 is 2.90 bits per heavy atom. The molecule has 3 heterocycles. The van der Waals surface area contributed by atoms with Gasteiger partial charge in [0.1, 0.15) is 11.9 Å². The van der Waals surface area contributed by atoms with Crippen LogP contribution in [0, 0.1) is 6.92 Å². The first-order valence-corrected chi connectivity index (χ1v) is 10.5. The van der Waals surface area contributed by atoms with Crippen molar-refractivity contribution in [1.82, 2.24) is 9.88 Å². The highest BCUT2D eigenvalue weighted by Crippen LogP contribution is 2.36. The Morgan fingerprint density at radius 2 is 2.16 bits per heavy atom. The molecule has 1 aromatic heterocycles. The number of hydrogen-bond acceptors (Lipinski definition) is 6. The summed E-state index contributed by atoms with van der Waals surface area (Å²) >= 11 is 0. The van der Waals surface area contributed by atoms with Gasteiger partial charge in [0.15, 0.2) is 11.5 Å². The number of benzene rings is 1. The molecule has 0 spiro atoms. The number of likely N-dealkylation sites (tertiary alicyclic amines) is 1. The van der Waals surface area contributed by atoms with Crippen molar-refractivity contribution in [2.75, 3.05) is 38.7 Å². The van der Waals surface area contributed by atoms with Crippen molar-refractivity contribution in [3.05, 3.63) is 47.7 Å². The lowest BCUT2D eigenvalue weighted by Gasteiger charge is -2.19. The van der Waals surface area contributed by atoms with Gasteiger partial charge in [-0.25, -0.2) is 4.98 Å². The molecule has 8 nitrogen and oxygen atoms in total. The van der Waals surface area contributed by atoms with E-state index in [0.29, 0.717) is 43.5 Å². The summed E-state index contributed by atoms with van der Waals surface area (Å²) in [4.78, 5) is 30.8. The van der Waals surface area contributed by atoms with E-state index in [1.807, 2.05) is 37.3 Å². The molecule has 1 N–H and O–H groups in total. The molecule has 164 valence electrons. The molecule has 1 aromatic carbocycles. The van der Waals surface area contributed by atoms with Crippen molar-refractivity contribution >= 4 is 17.6 Å². The first-order valence-electron chi connectivity index (χ1n) is 10.5. The second kappa shape index (κ2) is 9.34. The minimum atomic E-state index is -0.257. The molecule has 2 atom stereocenters. The SMILES string of the molecule is COc1ccc(C2CC(=O)N(CC(=O)Nc3cccc(C)n3)C2)cc1O[C@@H]1CCOC1. The largest absolute Gasteiger partial charge is 0.493 e. The summed E-state index contributed by atoms with van der Waals surface area (Å²) in [6.45, 7) is 3.60. The zero-order chi connectivity index (χ0) is 21.8. The number of amides is 2. The quantitative estimate of drug-likeness (QED) is 0.733. The molecule has 1 unspecified atom stereocenters. The summed E-state index contributed by atoms with van der Waals surface area (Å²) in [6.07, 6.45) is 1.20. The van der Waals surface area contributed by atoms with E-state index in [1.54, 1.807) is 18.1 Å². The smallest absolute Gasteiger partial charge is 0.245 e. The van der Waals surface area contributed by atoms with Crippen LogP contribution < -0.4 is 14.8 Å². The average Bonchev–Trinajstić information content (AvgIpc) is 3.38. The Bertz CT molecular complexity index is 958. The van der Waals surface area contributed by atoms with Crippen LogP contribution in [0.3, 0.4) is 0 Å². The number of carbonyl (C=O) groups is 2. The number of methoxy groups -OCH3 is 1. The molecule has 2 aromatic rings. The number of nitrogens with one attached hydrogen (secondary N) is 1. The Kier molecular flexibility index (Phi) is 6.36. The van der Waals surface area contributed by atoms with Crippen LogP contribution in [0.2, 0.25) is 0 Å². The highest BCUT2D eigenvalue weighted by molar-refractivity contribution is 5.94. The molecule has 0 bridgehead atoms. The highest BCUT2D eigenvalue weighted by Gasteiger charge is 2.32. The lowest BCUT2D eigenvalue weighted by atomic mass is 9.98. The van der Waals surface area contributed by atoms with Gasteiger partial charge in [-0.15, -0.1) is 0 Å². The molecule has 2 fully saturated rings. The zero-order valence-electron chi connectivity index (χ0n) is 17.8. The normalized spacial score (nSPS) is 20.7. The molecule has 0 radical (unpaired) electrons. The van der Waals surface area contributed by atoms with Gasteiger partial charge in [-0.1, -0.05) is 12.1 Å². The van der Waals surface area contributed by atoms with Gasteiger partial charge in [0.2, 0.25) is 11.8 Å². The predicted octanol–water partition coefficient (Wildman–Crippen LogP) is 2.52. The monoisotopic (exact) mass is 425 g/mol. The van der Waals surface area contributed by atoms with Gasteiger partial charge in [-0.3, -0.25) is 9.59 Å². The van der Waals surface area contributed by atoms with Crippen LogP contribution in [0.5, 0.6) is 11.5 Å². The number of rotatable bonds is 7. The van der Waals surface area contributed by atoms with Crippen LogP contribution in [0.15, 0.2) is 36.4 Å². The first kappa shape index (κ1) is 21.1. The Morgan fingerprint density at radius 1 is 1.29 bits per heavy atom. The van der Waals surface area contributed by atoms with Crippen molar-refractivity contribution in [3.8, 4) is 11.5 Å². The van der Waals surface area contributed by atoms with Crippen molar-refractivity contribution in [1.29, 1.82) is 0 Å². The number of ether oxygens (including phenoxy) is 3. The molecule has 2 aliphatic rings. The van der Waals surface area contributed by atoms with Crippen molar-refractivity contribution in [2.45, 2.75) is 31.8 Å². The summed E-state index contributed by atoms with van der Waals surface area (Å²) in [5.74, 6) is 1.49. The number of hydrogen-bond donors (Lipinski definition) is 1. The van der Waals surface area contributed by atoms with E-state index in [4.69, 9.17) is 14.2 Å². The van der Waals surface area contributed by atoms with Crippen molar-refractivity contribution < 1.29 is 23.8 Å². The van der Waals surface area contributed by atoms with Gasteiger partial charge >= 0.3 is 0 Å². The standard InChI is InChI=1S/C23H27N3O5/c1-15-4-3-5-21(24-15)25-22(27)13-26-12-17(11-23(26)28)16-6-7-19(29-2)20(10-16)31-18-8-9-30-14-18/h3-7,10,17-18H,8-9,11-14H2,1-2H3,(H,24,25,27)/t17?,18-/m1/s1. The number of carbonyl (C=O) groups excluding carboxylic acids is 2. The van der Waals surface area contributed by atoms with Crippen LogP contribution >= 0.6 is 0 Å². The van der Waals surface area contributed by atoms with E-state index in [9.17, 15) is 9.59 Å². The molecule has 8 heteroatoms. The number of anilines is 1. The van der Waals surface area contributed by atoms with Gasteiger partial charge in [-0.05, 0) is 36.8 Å². The third kappa shape index (κ3) is 5.14. The van der Waals surface area contributed by atoms with Crippen LogP contribution in [0.4, 0.5) is 5.82 Å². The Hall–Kier alpha value is -3.13. The fourth-order valence-corrected chi connectivity index (χ4v) is 3.94. The average molecular weight is 425 g/mol. The number of pyridine rings is 1. The topological polar surface area (TPSA) is 90.0 Å². The summed E-state index contributed by atoms with van der Waals surface area (Å²) in [6, 6.07) is 11.2. The molecule has 2 amide bonds. The fourth-order valence-electron chi connectivity index (χ4n) is 3.94. The van der Waals surface area contributed by atoms with Gasteiger partial charge in [0, 0.05) is 31.0 Å². The Labute approximate surface area is 181 Å². The second-order valence-corrected chi connectivity index (χ2v) is 7.90. The Balaban J connectivity index is 1.40. The van der Waals surface area contributed by atoms with E-state index >= 15 is 0 Å². The second-order valence-electron chi connectivity index (χ2n) is 7.90. The van der Waals surface area contributed by atoms with E-state index in [0.717, 1.165) is 17.7 Å². The summed E-state index contributed by atoms with van der Waals surface area (Å²) in [5, 5.41) is 2.76. The predicted molar refractivity (Wildman–Crippen MR) is 114 cm³/mol. The molecule has 0 aliphatic carbocycles. The molecular weight excluding hydrogens is 398 g/mol. The van der Waals surface area contributed by atoms with Crippen molar-refractivity contribution in [2.24, 2.45) is 0 Å². The highest BCUT2D eigenvalue weighted by atomic mass is 16.6. The lowest BCUT2D eigenvalue weighted by molar-refractivity contribution is -0.131. The van der Waals surface area contributed by atoms with E-state index in [2.05, 4.69) is 10.3 Å². The lowest BCUT2D eigenvalue weighted by Crippen LogP contribution is -2.34. The van der Waals surface area contributed by atoms with Gasteiger partial charge < -0.3 is 24.4 Å². The molecule has 2 saturated heterocycles. The third-order valence-corrected chi connectivity index (χ3v) is 5.55. The molecule has 4 rings (SSSR count). The van der Waals surface area contributed by atoms with Gasteiger partial charge in [-0.2, -0.15) is 0 Å². The molecule has 31 heavy (non-hydrogen) atoms. The van der Waals surface area contributed by atoms with Crippen LogP contribution in [0.1, 0.15) is 30.0 Å². The number of nitrogens with zero attached hydrogens (tertiary/aromatic N) is 2. The van der Waals surface area contributed by atoms with Crippen LogP contribution in [0.25, 0.3) is 0 Å². The molecular formula is C23H27N3O5. The van der Waals surface area contributed by atoms with Gasteiger partial charge in [0.05, 0.1) is 26.9 Å². The molecule has 2 aliphatic heterocycles. The fraction of sp³-hybridized carbons (Fsp3) is 0.435. The first-order chi connectivity index (χ1) is 15.0. The van der Waals surface area contributed by atoms with E-state index in [1.165, 1.54) is 0 Å². The zero-order valence-corrected chi connectivity index (χ0v) is 17.8. The maximum atomic E-state index is 12.5.